The second-order valence-corrected chi connectivity index (χ2v) is 3.42. The van der Waals surface area contributed by atoms with Crippen LogP contribution in [0.1, 0.15) is 13.3 Å². The van der Waals surface area contributed by atoms with Crippen LogP contribution >= 0.6 is 0 Å². The molecule has 0 aromatic carbocycles. The van der Waals surface area contributed by atoms with Gasteiger partial charge < -0.3 is 10.1 Å². The third-order valence-electron chi connectivity index (χ3n) is 1.90. The molecule has 98 valence electrons. The summed E-state index contributed by atoms with van der Waals surface area (Å²) in [5.41, 5.74) is 0. The summed E-state index contributed by atoms with van der Waals surface area (Å²) in [6, 6.07) is -0.547. The molecule has 3 amide bonds. The first-order chi connectivity index (χ1) is 7.99. The van der Waals surface area contributed by atoms with E-state index in [2.05, 4.69) is 10.6 Å². The Morgan fingerprint density at radius 2 is 1.94 bits per heavy atom. The molecule has 17 heavy (non-hydrogen) atoms. The van der Waals surface area contributed by atoms with E-state index >= 15 is 0 Å². The van der Waals surface area contributed by atoms with E-state index in [4.69, 9.17) is 4.74 Å². The minimum atomic E-state index is -0.547. The standard InChI is InChI=1S/C10H19N3O4/c1-4-17-9(15)5-6-13(3)7-8(14)12-10(16)11-2/h4-7H2,1-3H3,(H2,11,12,14,16). The van der Waals surface area contributed by atoms with Gasteiger partial charge in [0.2, 0.25) is 5.91 Å². The molecule has 0 aromatic rings. The van der Waals surface area contributed by atoms with Gasteiger partial charge in [-0.2, -0.15) is 0 Å². The summed E-state index contributed by atoms with van der Waals surface area (Å²) in [5.74, 6) is -0.721. The highest BCUT2D eigenvalue weighted by molar-refractivity contribution is 5.95. The number of likely N-dealkylation sites (N-methyl/N-ethyl adjacent to an activating group) is 1. The van der Waals surface area contributed by atoms with Crippen molar-refractivity contribution in [1.29, 1.82) is 0 Å². The van der Waals surface area contributed by atoms with Crippen molar-refractivity contribution in [2.75, 3.05) is 33.8 Å². The average molecular weight is 245 g/mol. The van der Waals surface area contributed by atoms with Gasteiger partial charge >= 0.3 is 12.0 Å². The second-order valence-electron chi connectivity index (χ2n) is 3.42. The lowest BCUT2D eigenvalue weighted by atomic mass is 10.4. The molecule has 0 aliphatic heterocycles. The maximum Gasteiger partial charge on any atom is 0.321 e. The van der Waals surface area contributed by atoms with Crippen molar-refractivity contribution in [2.24, 2.45) is 0 Å². The number of nitrogens with one attached hydrogen (secondary N) is 2. The van der Waals surface area contributed by atoms with Gasteiger partial charge in [0.25, 0.3) is 0 Å². The highest BCUT2D eigenvalue weighted by Crippen LogP contribution is 1.90. The molecule has 0 aliphatic rings. The molecule has 0 radical (unpaired) electrons. The van der Waals surface area contributed by atoms with Gasteiger partial charge in [-0.05, 0) is 14.0 Å². The number of amides is 3. The van der Waals surface area contributed by atoms with E-state index in [1.807, 2.05) is 0 Å². The normalized spacial score (nSPS) is 9.88. The monoisotopic (exact) mass is 245 g/mol. The fourth-order valence-electron chi connectivity index (χ4n) is 1.07. The van der Waals surface area contributed by atoms with Gasteiger partial charge in [0.1, 0.15) is 0 Å². The van der Waals surface area contributed by atoms with E-state index in [1.54, 1.807) is 18.9 Å². The number of urea groups is 1. The average Bonchev–Trinajstić information content (AvgIpc) is 2.26. The molecular weight excluding hydrogens is 226 g/mol. The van der Waals surface area contributed by atoms with E-state index in [-0.39, 0.29) is 18.9 Å². The molecule has 2 N–H and O–H groups in total. The van der Waals surface area contributed by atoms with Crippen LogP contribution in [-0.4, -0.2) is 56.6 Å². The van der Waals surface area contributed by atoms with E-state index in [1.165, 1.54) is 7.05 Å². The van der Waals surface area contributed by atoms with Gasteiger partial charge in [-0.1, -0.05) is 0 Å². The molecule has 7 heteroatoms. The first-order valence-corrected chi connectivity index (χ1v) is 5.35. The molecule has 0 heterocycles. The number of rotatable bonds is 6. The number of esters is 1. The van der Waals surface area contributed by atoms with E-state index in [9.17, 15) is 14.4 Å². The Morgan fingerprint density at radius 3 is 2.47 bits per heavy atom. The first kappa shape index (κ1) is 15.4. The molecule has 0 bridgehead atoms. The van der Waals surface area contributed by atoms with Crippen molar-refractivity contribution in [3.63, 3.8) is 0 Å². The second kappa shape index (κ2) is 8.51. The van der Waals surface area contributed by atoms with Crippen molar-refractivity contribution in [2.45, 2.75) is 13.3 Å². The van der Waals surface area contributed by atoms with Crippen molar-refractivity contribution in [3.8, 4) is 0 Å². The van der Waals surface area contributed by atoms with Gasteiger partial charge in [-0.3, -0.25) is 19.8 Å². The first-order valence-electron chi connectivity index (χ1n) is 5.35. The lowest BCUT2D eigenvalue weighted by molar-refractivity contribution is -0.143. The third kappa shape index (κ3) is 8.21. The van der Waals surface area contributed by atoms with Crippen LogP contribution in [0.25, 0.3) is 0 Å². The highest BCUT2D eigenvalue weighted by atomic mass is 16.5. The zero-order valence-corrected chi connectivity index (χ0v) is 10.4. The predicted octanol–water partition coefficient (Wildman–Crippen LogP) is -0.673. The molecule has 0 saturated carbocycles. The van der Waals surface area contributed by atoms with Crippen LogP contribution in [0.15, 0.2) is 0 Å². The van der Waals surface area contributed by atoms with Crippen LogP contribution in [-0.2, 0) is 14.3 Å². The predicted molar refractivity (Wildman–Crippen MR) is 61.3 cm³/mol. The third-order valence-corrected chi connectivity index (χ3v) is 1.90. The van der Waals surface area contributed by atoms with Crippen LogP contribution in [0, 0.1) is 0 Å². The van der Waals surface area contributed by atoms with E-state index in [0.29, 0.717) is 13.2 Å². The molecule has 0 atom stereocenters. The Morgan fingerprint density at radius 1 is 1.29 bits per heavy atom. The van der Waals surface area contributed by atoms with Crippen LogP contribution in [0.3, 0.4) is 0 Å². The number of hydrogen-bond donors (Lipinski definition) is 2. The molecular formula is C10H19N3O4. The van der Waals surface area contributed by atoms with Crippen molar-refractivity contribution in [1.82, 2.24) is 15.5 Å². The summed E-state index contributed by atoms with van der Waals surface area (Å²) in [6.45, 7) is 2.53. The smallest absolute Gasteiger partial charge is 0.321 e. The van der Waals surface area contributed by atoms with Crippen LogP contribution in [0.2, 0.25) is 0 Å². The summed E-state index contributed by atoms with van der Waals surface area (Å²) >= 11 is 0. The fourth-order valence-corrected chi connectivity index (χ4v) is 1.07. The maximum absolute atomic E-state index is 11.3. The minimum absolute atomic E-state index is 0.0484. The van der Waals surface area contributed by atoms with Crippen LogP contribution < -0.4 is 10.6 Å². The molecule has 0 rings (SSSR count). The highest BCUT2D eigenvalue weighted by Gasteiger charge is 2.10. The molecule has 0 aromatic heterocycles. The Balaban J connectivity index is 3.78. The fraction of sp³-hybridized carbons (Fsp3) is 0.700. The summed E-state index contributed by atoms with van der Waals surface area (Å²) < 4.78 is 4.75. The SMILES string of the molecule is CCOC(=O)CCN(C)CC(=O)NC(=O)NC. The number of ether oxygens (including phenoxy) is 1. The Hall–Kier alpha value is -1.63. The summed E-state index contributed by atoms with van der Waals surface area (Å²) in [5, 5.41) is 4.40. The lowest BCUT2D eigenvalue weighted by Crippen LogP contribution is -2.42. The zero-order valence-electron chi connectivity index (χ0n) is 10.4. The van der Waals surface area contributed by atoms with Crippen molar-refractivity contribution in [3.05, 3.63) is 0 Å². The lowest BCUT2D eigenvalue weighted by Gasteiger charge is -2.15. The van der Waals surface area contributed by atoms with Gasteiger partial charge in [0.05, 0.1) is 19.6 Å². The van der Waals surface area contributed by atoms with Crippen molar-refractivity contribution < 1.29 is 19.1 Å². The Bertz CT molecular complexity index is 281. The molecule has 0 unspecified atom stereocenters. The number of hydrogen-bond acceptors (Lipinski definition) is 5. The topological polar surface area (TPSA) is 87.7 Å². The number of carbonyl (C=O) groups excluding carboxylic acids is 3. The molecule has 0 saturated heterocycles. The molecule has 0 aliphatic carbocycles. The summed E-state index contributed by atoms with van der Waals surface area (Å²) in [7, 11) is 3.11. The van der Waals surface area contributed by atoms with Gasteiger partial charge in [0.15, 0.2) is 0 Å². The van der Waals surface area contributed by atoms with Gasteiger partial charge in [-0.15, -0.1) is 0 Å². The molecule has 7 nitrogen and oxygen atoms in total. The van der Waals surface area contributed by atoms with Crippen molar-refractivity contribution >= 4 is 17.9 Å². The minimum Gasteiger partial charge on any atom is -0.466 e. The molecule has 0 fully saturated rings. The van der Waals surface area contributed by atoms with Gasteiger partial charge in [0, 0.05) is 13.6 Å². The number of imide groups is 1. The summed E-state index contributed by atoms with van der Waals surface area (Å²) in [6.07, 6.45) is 0.220. The number of carbonyl (C=O) groups is 3. The zero-order chi connectivity index (χ0) is 13.3. The van der Waals surface area contributed by atoms with E-state index in [0.717, 1.165) is 0 Å². The van der Waals surface area contributed by atoms with Crippen LogP contribution in [0.5, 0.6) is 0 Å². The largest absolute Gasteiger partial charge is 0.466 e. The Kier molecular flexibility index (Phi) is 7.70. The quantitative estimate of drug-likeness (QED) is 0.606. The molecule has 0 spiro atoms. The van der Waals surface area contributed by atoms with E-state index < -0.39 is 11.9 Å². The Labute approximate surface area is 100 Å². The summed E-state index contributed by atoms with van der Waals surface area (Å²) in [4.78, 5) is 34.8. The maximum atomic E-state index is 11.3. The number of nitrogens with zero attached hydrogens (tertiary/aromatic N) is 1. The van der Waals surface area contributed by atoms with Gasteiger partial charge in [-0.25, -0.2) is 4.79 Å². The van der Waals surface area contributed by atoms with Crippen LogP contribution in [0.4, 0.5) is 4.79 Å².